The summed E-state index contributed by atoms with van der Waals surface area (Å²) < 4.78 is 0. The fourth-order valence-electron chi connectivity index (χ4n) is 3.19. The molecule has 21 heavy (non-hydrogen) atoms. The third kappa shape index (κ3) is 4.59. The monoisotopic (exact) mass is 285 g/mol. The van der Waals surface area contributed by atoms with E-state index in [1.807, 2.05) is 0 Å². The molecule has 0 aromatic heterocycles. The van der Waals surface area contributed by atoms with Gasteiger partial charge < -0.3 is 5.11 Å². The van der Waals surface area contributed by atoms with Crippen LogP contribution in [0, 0.1) is 23.7 Å². The SMILES string of the molecule is CC1CC(C)C(C)N(Cc2ccc(C#CCCO)cc2)C1. The van der Waals surface area contributed by atoms with Crippen LogP contribution in [0.2, 0.25) is 0 Å². The number of nitrogens with zero attached hydrogens (tertiary/aromatic N) is 1. The van der Waals surface area contributed by atoms with Crippen LogP contribution in [0.4, 0.5) is 0 Å². The molecule has 2 heteroatoms. The zero-order valence-electron chi connectivity index (χ0n) is 13.5. The number of benzene rings is 1. The van der Waals surface area contributed by atoms with Crippen LogP contribution in [0.25, 0.3) is 0 Å². The molecule has 0 spiro atoms. The summed E-state index contributed by atoms with van der Waals surface area (Å²) in [6.07, 6.45) is 1.89. The standard InChI is InChI=1S/C19H27NO/c1-15-12-16(2)17(3)20(13-15)14-19-9-7-18(8-10-19)6-4-5-11-21/h7-10,15-17,21H,5,11-14H2,1-3H3. The molecule has 114 valence electrons. The number of rotatable bonds is 3. The maximum atomic E-state index is 8.73. The fourth-order valence-corrected chi connectivity index (χ4v) is 3.19. The van der Waals surface area contributed by atoms with Crippen molar-refractivity contribution in [3.63, 3.8) is 0 Å². The quantitative estimate of drug-likeness (QED) is 0.862. The molecule has 1 aromatic carbocycles. The molecule has 1 saturated heterocycles. The Morgan fingerprint density at radius 3 is 2.57 bits per heavy atom. The minimum atomic E-state index is 0.133. The second-order valence-electron chi connectivity index (χ2n) is 6.46. The first-order valence-corrected chi connectivity index (χ1v) is 8.03. The molecule has 1 N–H and O–H groups in total. The smallest absolute Gasteiger partial charge is 0.0540 e. The normalized spacial score (nSPS) is 26.2. The average molecular weight is 285 g/mol. The molecule has 0 saturated carbocycles. The molecule has 0 amide bonds. The van der Waals surface area contributed by atoms with Gasteiger partial charge in [0.25, 0.3) is 0 Å². The molecule has 0 aliphatic carbocycles. The zero-order valence-corrected chi connectivity index (χ0v) is 13.5. The van der Waals surface area contributed by atoms with Crippen LogP contribution in [0.15, 0.2) is 24.3 Å². The van der Waals surface area contributed by atoms with Crippen LogP contribution < -0.4 is 0 Å². The molecular formula is C19H27NO. The first-order valence-electron chi connectivity index (χ1n) is 8.03. The van der Waals surface area contributed by atoms with Gasteiger partial charge in [-0.25, -0.2) is 0 Å². The Morgan fingerprint density at radius 2 is 1.90 bits per heavy atom. The van der Waals surface area contributed by atoms with Crippen molar-refractivity contribution in [1.29, 1.82) is 0 Å². The van der Waals surface area contributed by atoms with Crippen LogP contribution >= 0.6 is 0 Å². The largest absolute Gasteiger partial charge is 0.395 e. The van der Waals surface area contributed by atoms with Crippen molar-refractivity contribution >= 4 is 0 Å². The Hall–Kier alpha value is -1.30. The van der Waals surface area contributed by atoms with Crippen LogP contribution in [-0.4, -0.2) is 29.2 Å². The van der Waals surface area contributed by atoms with Gasteiger partial charge in [0.1, 0.15) is 0 Å². The van der Waals surface area contributed by atoms with E-state index in [1.165, 1.54) is 18.5 Å². The summed E-state index contributed by atoms with van der Waals surface area (Å²) in [5.74, 6) is 7.60. The molecular weight excluding hydrogens is 258 g/mol. The summed E-state index contributed by atoms with van der Waals surface area (Å²) >= 11 is 0. The summed E-state index contributed by atoms with van der Waals surface area (Å²) in [7, 11) is 0. The first kappa shape index (κ1) is 16.1. The predicted molar refractivity (Wildman–Crippen MR) is 87.8 cm³/mol. The Morgan fingerprint density at radius 1 is 1.19 bits per heavy atom. The lowest BCUT2D eigenvalue weighted by Crippen LogP contribution is -2.45. The molecule has 3 unspecified atom stereocenters. The topological polar surface area (TPSA) is 23.5 Å². The molecule has 1 fully saturated rings. The van der Waals surface area contributed by atoms with Gasteiger partial charge in [0.2, 0.25) is 0 Å². The van der Waals surface area contributed by atoms with Crippen LogP contribution in [0.5, 0.6) is 0 Å². The van der Waals surface area contributed by atoms with E-state index in [0.29, 0.717) is 12.5 Å². The predicted octanol–water partition coefficient (Wildman–Crippen LogP) is 3.29. The summed E-state index contributed by atoms with van der Waals surface area (Å²) in [5.41, 5.74) is 2.39. The van der Waals surface area contributed by atoms with E-state index in [0.717, 1.165) is 23.9 Å². The van der Waals surface area contributed by atoms with E-state index >= 15 is 0 Å². The summed E-state index contributed by atoms with van der Waals surface area (Å²) in [4.78, 5) is 2.60. The third-order valence-corrected chi connectivity index (χ3v) is 4.53. The fraction of sp³-hybridized carbons (Fsp3) is 0.579. The minimum absolute atomic E-state index is 0.133. The lowest BCUT2D eigenvalue weighted by molar-refractivity contribution is 0.0729. The second kappa shape index (κ2) is 7.64. The van der Waals surface area contributed by atoms with Gasteiger partial charge in [-0.15, -0.1) is 0 Å². The lowest BCUT2D eigenvalue weighted by atomic mass is 9.86. The third-order valence-electron chi connectivity index (χ3n) is 4.53. The Labute approximate surface area is 129 Å². The highest BCUT2D eigenvalue weighted by Gasteiger charge is 2.28. The summed E-state index contributed by atoms with van der Waals surface area (Å²) in [5, 5.41) is 8.73. The number of piperidine rings is 1. The molecule has 0 radical (unpaired) electrons. The van der Waals surface area contributed by atoms with Crippen molar-refractivity contribution in [2.75, 3.05) is 13.2 Å². The van der Waals surface area contributed by atoms with E-state index in [-0.39, 0.29) is 6.61 Å². The van der Waals surface area contributed by atoms with Gasteiger partial charge in [-0.2, -0.15) is 0 Å². The van der Waals surface area contributed by atoms with E-state index in [4.69, 9.17) is 5.11 Å². The molecule has 1 aliphatic rings. The Kier molecular flexibility index (Phi) is 5.85. The highest BCUT2D eigenvalue weighted by molar-refractivity contribution is 5.36. The Bertz CT molecular complexity index is 497. The molecule has 1 aromatic rings. The van der Waals surface area contributed by atoms with Gasteiger partial charge in [-0.3, -0.25) is 4.90 Å². The van der Waals surface area contributed by atoms with Crippen molar-refractivity contribution in [2.45, 2.75) is 46.2 Å². The van der Waals surface area contributed by atoms with Gasteiger partial charge in [0.15, 0.2) is 0 Å². The van der Waals surface area contributed by atoms with Gasteiger partial charge in [0, 0.05) is 31.1 Å². The molecule has 2 rings (SSSR count). The summed E-state index contributed by atoms with van der Waals surface area (Å²) in [6.45, 7) is 9.44. The van der Waals surface area contributed by atoms with Crippen LogP contribution in [0.1, 0.15) is 44.7 Å². The van der Waals surface area contributed by atoms with Crippen molar-refractivity contribution in [1.82, 2.24) is 4.90 Å². The van der Waals surface area contributed by atoms with Crippen molar-refractivity contribution in [2.24, 2.45) is 11.8 Å². The van der Waals surface area contributed by atoms with E-state index in [2.05, 4.69) is 61.8 Å². The van der Waals surface area contributed by atoms with Crippen LogP contribution in [-0.2, 0) is 6.54 Å². The maximum Gasteiger partial charge on any atom is 0.0540 e. The van der Waals surface area contributed by atoms with E-state index in [9.17, 15) is 0 Å². The Balaban J connectivity index is 1.98. The number of aliphatic hydroxyl groups is 1. The lowest BCUT2D eigenvalue weighted by Gasteiger charge is -2.41. The number of likely N-dealkylation sites (tertiary alicyclic amines) is 1. The number of aliphatic hydroxyl groups excluding tert-OH is 1. The van der Waals surface area contributed by atoms with Gasteiger partial charge >= 0.3 is 0 Å². The second-order valence-corrected chi connectivity index (χ2v) is 6.46. The molecule has 2 nitrogen and oxygen atoms in total. The zero-order chi connectivity index (χ0) is 15.2. The molecule has 1 heterocycles. The average Bonchev–Trinajstić information content (AvgIpc) is 2.46. The van der Waals surface area contributed by atoms with E-state index < -0.39 is 0 Å². The van der Waals surface area contributed by atoms with Gasteiger partial charge in [-0.1, -0.05) is 37.8 Å². The molecule has 0 bridgehead atoms. The van der Waals surface area contributed by atoms with E-state index in [1.54, 1.807) is 0 Å². The number of hydrogen-bond acceptors (Lipinski definition) is 2. The van der Waals surface area contributed by atoms with Crippen molar-refractivity contribution < 1.29 is 5.11 Å². The first-order chi connectivity index (χ1) is 10.1. The summed E-state index contributed by atoms with van der Waals surface area (Å²) in [6, 6.07) is 9.19. The number of hydrogen-bond donors (Lipinski definition) is 1. The minimum Gasteiger partial charge on any atom is -0.395 e. The van der Waals surface area contributed by atoms with Crippen molar-refractivity contribution in [3.8, 4) is 11.8 Å². The van der Waals surface area contributed by atoms with Crippen LogP contribution in [0.3, 0.4) is 0 Å². The van der Waals surface area contributed by atoms with Gasteiger partial charge in [0.05, 0.1) is 6.61 Å². The highest BCUT2D eigenvalue weighted by atomic mass is 16.2. The molecule has 1 aliphatic heterocycles. The van der Waals surface area contributed by atoms with Crippen molar-refractivity contribution in [3.05, 3.63) is 35.4 Å². The van der Waals surface area contributed by atoms with Gasteiger partial charge in [-0.05, 0) is 42.9 Å². The highest BCUT2D eigenvalue weighted by Crippen LogP contribution is 2.28. The maximum absolute atomic E-state index is 8.73. The molecule has 3 atom stereocenters.